The van der Waals surface area contributed by atoms with Crippen LogP contribution in [0.4, 0.5) is 35.1 Å². The molecule has 0 aromatic rings. The van der Waals surface area contributed by atoms with Crippen molar-refractivity contribution in [2.24, 2.45) is 47.3 Å². The molecule has 4 aliphatic carbocycles. The summed E-state index contributed by atoms with van der Waals surface area (Å²) in [5, 5.41) is 0. The van der Waals surface area contributed by atoms with Gasteiger partial charge in [0, 0.05) is 11.8 Å². The largest absolute Gasteiger partial charge is 0.256 e. The maximum Gasteiger partial charge on any atom is 0.256 e. The lowest BCUT2D eigenvalue weighted by atomic mass is 9.73. The van der Waals surface area contributed by atoms with E-state index in [-0.39, 0.29) is 11.8 Å². The molecule has 0 heterocycles. The van der Waals surface area contributed by atoms with Gasteiger partial charge in [-0.1, -0.05) is 41.5 Å². The summed E-state index contributed by atoms with van der Waals surface area (Å²) in [5.74, 6) is -12.0. The van der Waals surface area contributed by atoms with Gasteiger partial charge >= 0.3 is 0 Å². The monoisotopic (exact) mass is 478 g/mol. The van der Waals surface area contributed by atoms with Crippen LogP contribution < -0.4 is 0 Å². The predicted octanol–water partition coefficient (Wildman–Crippen LogP) is 8.25. The van der Waals surface area contributed by atoms with Crippen LogP contribution in [0.5, 0.6) is 0 Å². The lowest BCUT2D eigenvalue weighted by Gasteiger charge is -2.37. The lowest BCUT2D eigenvalue weighted by Crippen LogP contribution is -2.47. The quantitative estimate of drug-likeness (QED) is 0.308. The van der Waals surface area contributed by atoms with Gasteiger partial charge in [0.25, 0.3) is 11.8 Å². The fourth-order valence-electron chi connectivity index (χ4n) is 6.47. The van der Waals surface area contributed by atoms with Gasteiger partial charge in [0.05, 0.1) is 11.8 Å². The van der Waals surface area contributed by atoms with Crippen LogP contribution in [0.3, 0.4) is 0 Å². The fourth-order valence-corrected chi connectivity index (χ4v) is 6.47. The molecular formula is C24H38F8. The summed E-state index contributed by atoms with van der Waals surface area (Å²) in [6.45, 7) is 10.1. The minimum atomic E-state index is -3.03. The summed E-state index contributed by atoms with van der Waals surface area (Å²) in [4.78, 5) is 0. The zero-order valence-corrected chi connectivity index (χ0v) is 19.8. The third-order valence-electron chi connectivity index (χ3n) is 8.26. The predicted molar refractivity (Wildman–Crippen MR) is 110 cm³/mol. The molecule has 8 heteroatoms. The molecule has 32 heavy (non-hydrogen) atoms. The van der Waals surface area contributed by atoms with E-state index < -0.39 is 72.0 Å². The van der Waals surface area contributed by atoms with E-state index >= 15 is 0 Å². The number of hydrogen-bond donors (Lipinski definition) is 0. The van der Waals surface area contributed by atoms with E-state index in [1.807, 2.05) is 13.8 Å². The van der Waals surface area contributed by atoms with E-state index in [1.54, 1.807) is 13.8 Å². The highest BCUT2D eigenvalue weighted by Gasteiger charge is 2.63. The fraction of sp³-hybridized carbons (Fsp3) is 1.00. The molecule has 190 valence electrons. The SMILES string of the molecule is CC.CC1CC2CC(C)C(F)(F)C2C(F)C1F.CC1CC2CC(C)C(F)(F)C2C(F)C1F. The van der Waals surface area contributed by atoms with Gasteiger partial charge in [-0.05, 0) is 49.4 Å². The molecule has 4 rings (SSSR count). The summed E-state index contributed by atoms with van der Waals surface area (Å²) in [7, 11) is 0. The number of rotatable bonds is 0. The van der Waals surface area contributed by atoms with Crippen LogP contribution in [0.25, 0.3) is 0 Å². The van der Waals surface area contributed by atoms with Gasteiger partial charge in [-0.25, -0.2) is 35.1 Å². The molecule has 0 aliphatic heterocycles. The molecular weight excluding hydrogens is 440 g/mol. The molecule has 4 saturated carbocycles. The average Bonchev–Trinajstić information content (AvgIpc) is 3.07. The van der Waals surface area contributed by atoms with Crippen molar-refractivity contribution in [3.05, 3.63) is 0 Å². The van der Waals surface area contributed by atoms with Gasteiger partial charge < -0.3 is 0 Å². The van der Waals surface area contributed by atoms with Gasteiger partial charge in [-0.3, -0.25) is 0 Å². The van der Waals surface area contributed by atoms with Crippen molar-refractivity contribution in [2.75, 3.05) is 0 Å². The maximum absolute atomic E-state index is 13.6. The first-order valence-electron chi connectivity index (χ1n) is 12.0. The Labute approximate surface area is 186 Å². The van der Waals surface area contributed by atoms with E-state index in [0.717, 1.165) is 0 Å². The summed E-state index contributed by atoms with van der Waals surface area (Å²) in [5.41, 5.74) is 0. The minimum absolute atomic E-state index is 0.329. The molecule has 4 fully saturated rings. The van der Waals surface area contributed by atoms with E-state index in [2.05, 4.69) is 0 Å². The summed E-state index contributed by atoms with van der Waals surface area (Å²) >= 11 is 0. The van der Waals surface area contributed by atoms with Crippen LogP contribution in [0.15, 0.2) is 0 Å². The normalized spacial score (nSPS) is 50.8. The molecule has 12 unspecified atom stereocenters. The minimum Gasteiger partial charge on any atom is -0.244 e. The second-order valence-corrected chi connectivity index (χ2v) is 10.4. The first-order chi connectivity index (χ1) is 14.7. The van der Waals surface area contributed by atoms with Crippen LogP contribution in [0.2, 0.25) is 0 Å². The Kier molecular flexibility index (Phi) is 8.63. The summed E-state index contributed by atoms with van der Waals surface area (Å²) in [6, 6.07) is 0. The number of hydrogen-bond acceptors (Lipinski definition) is 0. The first kappa shape index (κ1) is 27.7. The van der Waals surface area contributed by atoms with Gasteiger partial charge in [0.15, 0.2) is 0 Å². The maximum atomic E-state index is 13.6. The number of fused-ring (bicyclic) bond motifs is 2. The van der Waals surface area contributed by atoms with Gasteiger partial charge in [0.2, 0.25) is 0 Å². The molecule has 0 nitrogen and oxygen atoms in total. The molecule has 4 aliphatic rings. The second-order valence-electron chi connectivity index (χ2n) is 10.4. The van der Waals surface area contributed by atoms with Crippen molar-refractivity contribution in [3.63, 3.8) is 0 Å². The highest BCUT2D eigenvalue weighted by Crippen LogP contribution is 2.57. The van der Waals surface area contributed by atoms with Crippen molar-refractivity contribution in [2.45, 2.75) is 104 Å². The van der Waals surface area contributed by atoms with Gasteiger partial charge in [0.1, 0.15) is 24.7 Å². The topological polar surface area (TPSA) is 0 Å². The molecule has 0 saturated heterocycles. The molecule has 0 N–H and O–H groups in total. The van der Waals surface area contributed by atoms with Crippen molar-refractivity contribution >= 4 is 0 Å². The van der Waals surface area contributed by atoms with Crippen LogP contribution >= 0.6 is 0 Å². The second kappa shape index (κ2) is 9.97. The molecule has 0 amide bonds. The van der Waals surface area contributed by atoms with Crippen molar-refractivity contribution in [1.82, 2.24) is 0 Å². The highest BCUT2D eigenvalue weighted by molar-refractivity contribution is 5.05. The van der Waals surface area contributed by atoms with Crippen LogP contribution in [0, 0.1) is 47.3 Å². The molecule has 12 atom stereocenters. The van der Waals surface area contributed by atoms with Gasteiger partial charge in [-0.2, -0.15) is 0 Å². The Morgan fingerprint density at radius 3 is 1.06 bits per heavy atom. The Morgan fingerprint density at radius 1 is 0.500 bits per heavy atom. The third-order valence-corrected chi connectivity index (χ3v) is 8.26. The highest BCUT2D eigenvalue weighted by atomic mass is 19.3. The number of alkyl halides is 8. The molecule has 0 bridgehead atoms. The first-order valence-corrected chi connectivity index (χ1v) is 12.0. The van der Waals surface area contributed by atoms with Crippen LogP contribution in [0.1, 0.15) is 67.2 Å². The van der Waals surface area contributed by atoms with Gasteiger partial charge in [-0.15, -0.1) is 0 Å². The van der Waals surface area contributed by atoms with Crippen molar-refractivity contribution in [3.8, 4) is 0 Å². The van der Waals surface area contributed by atoms with Crippen molar-refractivity contribution < 1.29 is 35.1 Å². The van der Waals surface area contributed by atoms with Crippen molar-refractivity contribution in [1.29, 1.82) is 0 Å². The van der Waals surface area contributed by atoms with E-state index in [4.69, 9.17) is 0 Å². The standard InChI is InChI=1S/2C11H16F4.C2H6/c2*1-5-3-7-4-6(2)11(14,15)8(7)10(13)9(5)12;1-2/h2*5-10H,3-4H2,1-2H3;1-2H3. The Hall–Kier alpha value is -0.560. The number of halogens is 8. The zero-order valence-electron chi connectivity index (χ0n) is 19.8. The van der Waals surface area contributed by atoms with E-state index in [0.29, 0.717) is 25.7 Å². The smallest absolute Gasteiger partial charge is 0.244 e. The summed E-state index contributed by atoms with van der Waals surface area (Å²) in [6.07, 6.45) is -5.97. The Balaban J connectivity index is 0.000000211. The molecule has 0 aromatic carbocycles. The lowest BCUT2D eigenvalue weighted by molar-refractivity contribution is -0.131. The van der Waals surface area contributed by atoms with E-state index in [1.165, 1.54) is 13.8 Å². The zero-order chi connectivity index (χ0) is 24.8. The summed E-state index contributed by atoms with van der Waals surface area (Å²) < 4.78 is 108. The van der Waals surface area contributed by atoms with Crippen LogP contribution in [-0.4, -0.2) is 36.5 Å². The third kappa shape index (κ3) is 4.67. The van der Waals surface area contributed by atoms with E-state index in [9.17, 15) is 35.1 Å². The average molecular weight is 479 g/mol. The molecule has 0 aromatic heterocycles. The van der Waals surface area contributed by atoms with Crippen LogP contribution in [-0.2, 0) is 0 Å². The molecule has 0 spiro atoms. The molecule has 0 radical (unpaired) electrons. The Bertz CT molecular complexity index is 555. The Morgan fingerprint density at radius 2 is 0.781 bits per heavy atom.